The summed E-state index contributed by atoms with van der Waals surface area (Å²) in [5, 5.41) is 3.30. The Hall–Kier alpha value is -1.09. The Kier molecular flexibility index (Phi) is 5.26. The first-order chi connectivity index (χ1) is 7.63. The van der Waals surface area contributed by atoms with Crippen LogP contribution in [0.1, 0.15) is 27.2 Å². The highest BCUT2D eigenvalue weighted by atomic mass is 19.1. The van der Waals surface area contributed by atoms with Gasteiger partial charge in [0.15, 0.2) is 11.6 Å². The second kappa shape index (κ2) is 6.48. The van der Waals surface area contributed by atoms with Crippen LogP contribution in [0.15, 0.2) is 24.3 Å². The summed E-state index contributed by atoms with van der Waals surface area (Å²) in [5.74, 6) is 0.0316. The third-order valence-electron chi connectivity index (χ3n) is 2.40. The Morgan fingerprint density at radius 2 is 2.00 bits per heavy atom. The lowest BCUT2D eigenvalue weighted by molar-refractivity contribution is 0.188. The van der Waals surface area contributed by atoms with Crippen LogP contribution in [-0.2, 0) is 0 Å². The molecule has 1 aromatic carbocycles. The lowest BCUT2D eigenvalue weighted by atomic mass is 10.1. The van der Waals surface area contributed by atoms with Gasteiger partial charge in [-0.3, -0.25) is 0 Å². The van der Waals surface area contributed by atoms with Crippen molar-refractivity contribution in [1.82, 2.24) is 5.32 Å². The molecule has 3 heteroatoms. The molecule has 1 N–H and O–H groups in total. The first kappa shape index (κ1) is 13.0. The highest BCUT2D eigenvalue weighted by Gasteiger charge is 2.11. The summed E-state index contributed by atoms with van der Waals surface area (Å²) in [7, 11) is 0. The molecule has 0 spiro atoms. The molecule has 1 rings (SSSR count). The molecular formula is C13H20FNO. The van der Waals surface area contributed by atoms with Gasteiger partial charge < -0.3 is 10.1 Å². The first-order valence-electron chi connectivity index (χ1n) is 5.78. The third-order valence-corrected chi connectivity index (χ3v) is 2.40. The van der Waals surface area contributed by atoms with E-state index in [1.54, 1.807) is 18.2 Å². The van der Waals surface area contributed by atoms with E-state index in [0.29, 0.717) is 11.8 Å². The van der Waals surface area contributed by atoms with Crippen LogP contribution in [-0.4, -0.2) is 18.7 Å². The molecule has 0 fully saturated rings. The van der Waals surface area contributed by atoms with E-state index in [2.05, 4.69) is 19.2 Å². The van der Waals surface area contributed by atoms with Gasteiger partial charge in [-0.15, -0.1) is 0 Å². The van der Waals surface area contributed by atoms with Gasteiger partial charge >= 0.3 is 0 Å². The number of para-hydroxylation sites is 1. The van der Waals surface area contributed by atoms with Gasteiger partial charge in [0.25, 0.3) is 0 Å². The monoisotopic (exact) mass is 225 g/mol. The minimum Gasteiger partial charge on any atom is -0.488 e. The van der Waals surface area contributed by atoms with Crippen molar-refractivity contribution in [3.8, 4) is 5.75 Å². The van der Waals surface area contributed by atoms with E-state index in [4.69, 9.17) is 4.74 Å². The van der Waals surface area contributed by atoms with Gasteiger partial charge in [0.2, 0.25) is 0 Å². The lowest BCUT2D eigenvalue weighted by Gasteiger charge is -2.19. The molecule has 16 heavy (non-hydrogen) atoms. The van der Waals surface area contributed by atoms with Crippen LogP contribution in [0.5, 0.6) is 5.75 Å². The average Bonchev–Trinajstić information content (AvgIpc) is 2.21. The first-order valence-corrected chi connectivity index (χ1v) is 5.78. The number of hydrogen-bond donors (Lipinski definition) is 1. The van der Waals surface area contributed by atoms with Crippen LogP contribution in [0.2, 0.25) is 0 Å². The summed E-state index contributed by atoms with van der Waals surface area (Å²) in [4.78, 5) is 0. The summed E-state index contributed by atoms with van der Waals surface area (Å²) in [6.45, 7) is 7.07. The largest absolute Gasteiger partial charge is 0.488 e. The molecule has 2 nitrogen and oxygen atoms in total. The third kappa shape index (κ3) is 4.19. The Morgan fingerprint density at radius 1 is 1.31 bits per heavy atom. The smallest absolute Gasteiger partial charge is 0.165 e. The molecule has 0 aliphatic heterocycles. The molecule has 0 aromatic heterocycles. The average molecular weight is 225 g/mol. The normalized spacial score (nSPS) is 14.5. The van der Waals surface area contributed by atoms with E-state index in [0.717, 1.165) is 13.0 Å². The van der Waals surface area contributed by atoms with E-state index < -0.39 is 0 Å². The van der Waals surface area contributed by atoms with Gasteiger partial charge in [-0.25, -0.2) is 4.39 Å². The standard InChI is InChI=1S/C13H20FNO/c1-4-15-10(2)9-11(3)16-13-8-6-5-7-12(13)14/h5-8,10-11,15H,4,9H2,1-3H3. The molecule has 2 unspecified atom stereocenters. The topological polar surface area (TPSA) is 21.3 Å². The van der Waals surface area contributed by atoms with E-state index in [1.165, 1.54) is 6.07 Å². The zero-order chi connectivity index (χ0) is 12.0. The van der Waals surface area contributed by atoms with E-state index in [9.17, 15) is 4.39 Å². The Labute approximate surface area is 96.8 Å². The zero-order valence-electron chi connectivity index (χ0n) is 10.2. The van der Waals surface area contributed by atoms with Crippen LogP contribution in [0.25, 0.3) is 0 Å². The van der Waals surface area contributed by atoms with Crippen molar-refractivity contribution in [2.24, 2.45) is 0 Å². The molecule has 0 heterocycles. The van der Waals surface area contributed by atoms with Crippen molar-refractivity contribution >= 4 is 0 Å². The fourth-order valence-electron chi connectivity index (χ4n) is 1.73. The van der Waals surface area contributed by atoms with Crippen LogP contribution in [0.4, 0.5) is 4.39 Å². The van der Waals surface area contributed by atoms with Crippen LogP contribution in [0.3, 0.4) is 0 Å². The second-order valence-corrected chi connectivity index (χ2v) is 4.05. The van der Waals surface area contributed by atoms with Crippen molar-refractivity contribution in [3.05, 3.63) is 30.1 Å². The maximum atomic E-state index is 13.3. The van der Waals surface area contributed by atoms with E-state index in [1.807, 2.05) is 6.92 Å². The van der Waals surface area contributed by atoms with Gasteiger partial charge in [0, 0.05) is 6.04 Å². The SMILES string of the molecule is CCNC(C)CC(C)Oc1ccccc1F. The molecule has 0 saturated carbocycles. The van der Waals surface area contributed by atoms with Gasteiger partial charge in [0.1, 0.15) is 0 Å². The Bertz CT molecular complexity index is 317. The number of hydrogen-bond acceptors (Lipinski definition) is 2. The maximum absolute atomic E-state index is 13.3. The van der Waals surface area contributed by atoms with Crippen molar-refractivity contribution in [1.29, 1.82) is 0 Å². The zero-order valence-corrected chi connectivity index (χ0v) is 10.2. The van der Waals surface area contributed by atoms with Crippen molar-refractivity contribution in [2.75, 3.05) is 6.54 Å². The molecule has 0 bridgehead atoms. The lowest BCUT2D eigenvalue weighted by Crippen LogP contribution is -2.30. The van der Waals surface area contributed by atoms with Crippen LogP contribution >= 0.6 is 0 Å². The molecule has 90 valence electrons. The molecule has 0 radical (unpaired) electrons. The molecule has 2 atom stereocenters. The molecule has 0 saturated heterocycles. The highest BCUT2D eigenvalue weighted by molar-refractivity contribution is 5.23. The van der Waals surface area contributed by atoms with Gasteiger partial charge in [-0.1, -0.05) is 19.1 Å². The highest BCUT2D eigenvalue weighted by Crippen LogP contribution is 2.18. The number of halogens is 1. The van der Waals surface area contributed by atoms with Crippen molar-refractivity contribution < 1.29 is 9.13 Å². The predicted octanol–water partition coefficient (Wildman–Crippen LogP) is 2.98. The number of ether oxygens (including phenoxy) is 1. The molecular weight excluding hydrogens is 205 g/mol. The fraction of sp³-hybridized carbons (Fsp3) is 0.538. The number of nitrogens with one attached hydrogen (secondary N) is 1. The summed E-state index contributed by atoms with van der Waals surface area (Å²) in [6.07, 6.45) is 0.869. The molecule has 0 aliphatic rings. The second-order valence-electron chi connectivity index (χ2n) is 4.05. The number of benzene rings is 1. The summed E-state index contributed by atoms with van der Waals surface area (Å²) < 4.78 is 18.8. The van der Waals surface area contributed by atoms with Gasteiger partial charge in [-0.05, 0) is 38.9 Å². The summed E-state index contributed by atoms with van der Waals surface area (Å²) in [6, 6.07) is 6.89. The summed E-state index contributed by atoms with van der Waals surface area (Å²) in [5.41, 5.74) is 0. The van der Waals surface area contributed by atoms with E-state index in [-0.39, 0.29) is 11.9 Å². The van der Waals surface area contributed by atoms with Crippen LogP contribution < -0.4 is 10.1 Å². The Morgan fingerprint density at radius 3 is 2.62 bits per heavy atom. The van der Waals surface area contributed by atoms with E-state index >= 15 is 0 Å². The van der Waals surface area contributed by atoms with Gasteiger partial charge in [0.05, 0.1) is 6.10 Å². The predicted molar refractivity (Wildman–Crippen MR) is 64.2 cm³/mol. The quantitative estimate of drug-likeness (QED) is 0.803. The molecule has 0 aliphatic carbocycles. The molecule has 1 aromatic rings. The maximum Gasteiger partial charge on any atom is 0.165 e. The van der Waals surface area contributed by atoms with Gasteiger partial charge in [-0.2, -0.15) is 0 Å². The van der Waals surface area contributed by atoms with Crippen molar-refractivity contribution in [3.63, 3.8) is 0 Å². The van der Waals surface area contributed by atoms with Crippen LogP contribution in [0, 0.1) is 5.82 Å². The fourth-order valence-corrected chi connectivity index (χ4v) is 1.73. The minimum absolute atomic E-state index is 0.00551. The Balaban J connectivity index is 2.45. The molecule has 0 amide bonds. The van der Waals surface area contributed by atoms with Crippen molar-refractivity contribution in [2.45, 2.75) is 39.3 Å². The summed E-state index contributed by atoms with van der Waals surface area (Å²) >= 11 is 0. The number of rotatable bonds is 6. The minimum atomic E-state index is -0.301.